The zero-order valence-electron chi connectivity index (χ0n) is 38.2. The highest BCUT2D eigenvalue weighted by molar-refractivity contribution is 7.14. The van der Waals surface area contributed by atoms with Crippen LogP contribution in [0.4, 0.5) is 9.93 Å². The Morgan fingerprint density at radius 3 is 2.39 bits per heavy atom. The molecule has 0 radical (unpaired) electrons. The molecule has 64 heavy (non-hydrogen) atoms. The van der Waals surface area contributed by atoms with Crippen LogP contribution >= 0.6 is 22.9 Å². The standard InChI is InChI=1S/C46H64ClN7O9S/c1-9-28-22-46(28,42(57)58)52-40(55)34-20-30(23-54(34)41(56)39(45(6,7)8)51-44(59)63-29-18-26(4)27(5)19-29)62-36-21-32(33-24-64-43(50-33)48-25(2)3)49-38-31(36)10-11-35(37(38)47)61-17-14-53-12-15-60-16-13-53/h10-11,21,24-30,34,39H,9,12-20,22-23H2,1-8H3,(H,48,50)(H,51,59)(H,52,55)(H,57,58)/t26-,27+,28?,29+,30?,34-,39+,46+/m0/s1. The number of nitrogens with zero attached hydrogens (tertiary/aromatic N) is 4. The van der Waals surface area contributed by atoms with Crippen molar-refractivity contribution in [3.05, 3.63) is 28.6 Å². The van der Waals surface area contributed by atoms with Gasteiger partial charge in [-0.3, -0.25) is 14.5 Å². The molecule has 3 aromatic rings. The quantitative estimate of drug-likeness (QED) is 0.117. The number of halogens is 1. The first-order valence-corrected chi connectivity index (χ1v) is 23.9. The summed E-state index contributed by atoms with van der Waals surface area (Å²) >= 11 is 8.56. The van der Waals surface area contributed by atoms with Crippen molar-refractivity contribution in [2.24, 2.45) is 23.2 Å². The van der Waals surface area contributed by atoms with Crippen molar-refractivity contribution < 1.29 is 43.2 Å². The van der Waals surface area contributed by atoms with Gasteiger partial charge in [0.2, 0.25) is 11.8 Å². The number of benzene rings is 1. The molecule has 8 atom stereocenters. The molecular formula is C46H64ClN7O9S. The summed E-state index contributed by atoms with van der Waals surface area (Å²) in [5, 5.41) is 22.7. The second-order valence-corrected chi connectivity index (χ2v) is 20.6. The molecule has 4 aliphatic rings. The lowest BCUT2D eigenvalue weighted by molar-refractivity contribution is -0.146. The molecule has 3 amide bonds. The second kappa shape index (κ2) is 19.6. The fourth-order valence-electron chi connectivity index (χ4n) is 9.12. The first-order valence-electron chi connectivity index (χ1n) is 22.6. The van der Waals surface area contributed by atoms with E-state index in [-0.39, 0.29) is 37.5 Å². The van der Waals surface area contributed by atoms with E-state index in [1.165, 1.54) is 16.2 Å². The predicted octanol–water partition coefficient (Wildman–Crippen LogP) is 6.84. The summed E-state index contributed by atoms with van der Waals surface area (Å²) in [5.74, 6) is -0.806. The van der Waals surface area contributed by atoms with Gasteiger partial charge in [0.05, 0.1) is 31.0 Å². The highest BCUT2D eigenvalue weighted by atomic mass is 35.5. The average Bonchev–Trinajstić information content (AvgIpc) is 3.47. The van der Waals surface area contributed by atoms with E-state index in [0.29, 0.717) is 83.4 Å². The summed E-state index contributed by atoms with van der Waals surface area (Å²) < 4.78 is 24.4. The number of morpholine rings is 1. The Balaban J connectivity index is 1.20. The van der Waals surface area contributed by atoms with Crippen LogP contribution in [0.25, 0.3) is 22.3 Å². The zero-order valence-corrected chi connectivity index (χ0v) is 39.8. The minimum absolute atomic E-state index is 0.0378. The first kappa shape index (κ1) is 47.5. The third-order valence-corrected chi connectivity index (χ3v) is 14.3. The van der Waals surface area contributed by atoms with Crippen LogP contribution < -0.4 is 25.4 Å². The van der Waals surface area contributed by atoms with E-state index in [9.17, 15) is 24.3 Å². The summed E-state index contributed by atoms with van der Waals surface area (Å²) in [7, 11) is 0. The molecule has 2 unspecified atom stereocenters. The lowest BCUT2D eigenvalue weighted by atomic mass is 9.85. The van der Waals surface area contributed by atoms with Crippen LogP contribution in [0.15, 0.2) is 23.6 Å². The lowest BCUT2D eigenvalue weighted by Crippen LogP contribution is -2.59. The summed E-state index contributed by atoms with van der Waals surface area (Å²) in [4.78, 5) is 68.7. The van der Waals surface area contributed by atoms with Crippen molar-refractivity contribution in [1.29, 1.82) is 0 Å². The molecule has 7 rings (SSSR count). The zero-order chi connectivity index (χ0) is 46.1. The second-order valence-electron chi connectivity index (χ2n) is 19.4. The average molecular weight is 927 g/mol. The van der Waals surface area contributed by atoms with E-state index in [4.69, 9.17) is 40.5 Å². The predicted molar refractivity (Wildman–Crippen MR) is 245 cm³/mol. The van der Waals surface area contributed by atoms with Gasteiger partial charge in [-0.2, -0.15) is 0 Å². The maximum Gasteiger partial charge on any atom is 0.408 e. The van der Waals surface area contributed by atoms with Gasteiger partial charge in [0, 0.05) is 48.9 Å². The Morgan fingerprint density at radius 1 is 1.03 bits per heavy atom. The fraction of sp³-hybridized carbons (Fsp3) is 0.652. The van der Waals surface area contributed by atoms with E-state index in [0.717, 1.165) is 31.1 Å². The van der Waals surface area contributed by atoms with Crippen LogP contribution in [0.5, 0.6) is 11.5 Å². The number of likely N-dealkylation sites (tertiary alicyclic amines) is 1. The number of ether oxygens (including phenoxy) is 4. The third-order valence-electron chi connectivity index (χ3n) is 13.2. The summed E-state index contributed by atoms with van der Waals surface area (Å²) in [6.45, 7) is 19.8. The summed E-state index contributed by atoms with van der Waals surface area (Å²) in [6.07, 6.45) is 0.650. The summed E-state index contributed by atoms with van der Waals surface area (Å²) in [5.41, 5.74) is -0.714. The molecule has 350 valence electrons. The molecule has 2 saturated heterocycles. The molecule has 2 aromatic heterocycles. The molecule has 18 heteroatoms. The number of anilines is 1. The number of nitrogens with one attached hydrogen (secondary N) is 3. The Labute approximate surface area is 384 Å². The number of alkyl carbamates (subject to hydrolysis) is 1. The lowest BCUT2D eigenvalue weighted by Gasteiger charge is -2.35. The number of thiazole rings is 1. The fourth-order valence-corrected chi connectivity index (χ4v) is 10.2. The molecule has 2 aliphatic carbocycles. The van der Waals surface area contributed by atoms with Crippen LogP contribution in [0, 0.1) is 23.2 Å². The summed E-state index contributed by atoms with van der Waals surface area (Å²) in [6, 6.07) is 3.35. The molecule has 0 bridgehead atoms. The Hall–Kier alpha value is -4.45. The number of aromatic nitrogens is 2. The molecular weight excluding hydrogens is 862 g/mol. The van der Waals surface area contributed by atoms with Gasteiger partial charge in [0.15, 0.2) is 5.13 Å². The number of amides is 3. The largest absolute Gasteiger partial charge is 0.491 e. The Kier molecular flexibility index (Phi) is 14.5. The molecule has 1 aromatic carbocycles. The number of aliphatic carboxylic acids is 1. The maximum absolute atomic E-state index is 14.9. The smallest absolute Gasteiger partial charge is 0.408 e. The van der Waals surface area contributed by atoms with E-state index >= 15 is 0 Å². The van der Waals surface area contributed by atoms with Crippen molar-refractivity contribution in [3.8, 4) is 22.9 Å². The van der Waals surface area contributed by atoms with E-state index in [2.05, 4.69) is 34.7 Å². The number of carboxylic acid groups (broad SMARTS) is 1. The number of hydrogen-bond donors (Lipinski definition) is 4. The molecule has 2 aliphatic heterocycles. The van der Waals surface area contributed by atoms with Crippen LogP contribution in [-0.2, 0) is 23.9 Å². The highest BCUT2D eigenvalue weighted by Gasteiger charge is 2.61. The molecule has 4 N–H and O–H groups in total. The molecule has 16 nitrogen and oxygen atoms in total. The molecule has 0 spiro atoms. The number of carbonyl (C=O) groups excluding carboxylic acids is 3. The number of fused-ring (bicyclic) bond motifs is 1. The van der Waals surface area contributed by atoms with Gasteiger partial charge in [-0.1, -0.05) is 59.6 Å². The van der Waals surface area contributed by atoms with Crippen LogP contribution in [0.1, 0.15) is 87.5 Å². The molecule has 4 fully saturated rings. The monoisotopic (exact) mass is 925 g/mol. The van der Waals surface area contributed by atoms with Gasteiger partial charge in [-0.15, -0.1) is 11.3 Å². The number of hydrogen-bond acceptors (Lipinski definition) is 13. The number of rotatable bonds is 16. The Bertz CT molecular complexity index is 2190. The van der Waals surface area contributed by atoms with Crippen LogP contribution in [0.2, 0.25) is 5.02 Å². The van der Waals surface area contributed by atoms with Crippen LogP contribution in [0.3, 0.4) is 0 Å². The maximum atomic E-state index is 14.9. The number of carboxylic acids is 1. The minimum atomic E-state index is -1.42. The Morgan fingerprint density at radius 2 is 1.75 bits per heavy atom. The van der Waals surface area contributed by atoms with Gasteiger partial charge < -0.3 is 44.9 Å². The number of pyridine rings is 1. The highest BCUT2D eigenvalue weighted by Crippen LogP contribution is 2.47. The van der Waals surface area contributed by atoms with Crippen molar-refractivity contribution >= 4 is 62.8 Å². The first-order chi connectivity index (χ1) is 30.4. The third kappa shape index (κ3) is 10.6. The molecule has 2 saturated carbocycles. The van der Waals surface area contributed by atoms with Crippen LogP contribution in [-0.4, -0.2) is 131 Å². The van der Waals surface area contributed by atoms with E-state index in [1.807, 2.05) is 53.0 Å². The van der Waals surface area contributed by atoms with Gasteiger partial charge in [0.25, 0.3) is 0 Å². The van der Waals surface area contributed by atoms with Gasteiger partial charge in [-0.25, -0.2) is 19.6 Å². The van der Waals surface area contributed by atoms with Gasteiger partial charge in [-0.05, 0) is 68.4 Å². The van der Waals surface area contributed by atoms with Crippen molar-refractivity contribution in [3.63, 3.8) is 0 Å². The normalized spacial score (nSPS) is 26.4. The van der Waals surface area contributed by atoms with E-state index in [1.54, 1.807) is 12.1 Å². The molecule has 4 heterocycles. The topological polar surface area (TPSA) is 194 Å². The van der Waals surface area contributed by atoms with Gasteiger partial charge >= 0.3 is 12.1 Å². The minimum Gasteiger partial charge on any atom is -0.491 e. The number of carbonyl (C=O) groups is 4. The van der Waals surface area contributed by atoms with Crippen molar-refractivity contribution in [2.75, 3.05) is 51.3 Å². The SMILES string of the molecule is CCC1C[C@]1(NC(=O)[C@@H]1CC(Oc2cc(-c3csc(NC(C)C)n3)nc3c(Cl)c(OCCN4CCOCC4)ccc23)CN1C(=O)[C@@H](NC(=O)O[C@H]1C[C@@H](C)[C@@H](C)C1)C(C)(C)C)C(=O)O. The van der Waals surface area contributed by atoms with Gasteiger partial charge in [0.1, 0.15) is 58.7 Å². The van der Waals surface area contributed by atoms with Crippen molar-refractivity contribution in [1.82, 2.24) is 30.4 Å². The van der Waals surface area contributed by atoms with E-state index < -0.39 is 53.0 Å². The van der Waals surface area contributed by atoms with Crippen molar-refractivity contribution in [2.45, 2.75) is 123 Å².